The number of rotatable bonds is 3. The van der Waals surface area contributed by atoms with E-state index in [1.165, 1.54) is 5.56 Å². The second-order valence-electron chi connectivity index (χ2n) is 5.80. The van der Waals surface area contributed by atoms with Crippen molar-refractivity contribution in [2.75, 3.05) is 19.6 Å². The first-order chi connectivity index (χ1) is 9.68. The van der Waals surface area contributed by atoms with Crippen molar-refractivity contribution in [2.45, 2.75) is 25.7 Å². The van der Waals surface area contributed by atoms with Crippen molar-refractivity contribution in [3.63, 3.8) is 0 Å². The van der Waals surface area contributed by atoms with Crippen molar-refractivity contribution >= 4 is 11.9 Å². The Hall–Kier alpha value is -1.68. The van der Waals surface area contributed by atoms with E-state index < -0.39 is 5.41 Å². The zero-order valence-electron chi connectivity index (χ0n) is 11.5. The average molecular weight is 273 g/mol. The summed E-state index contributed by atoms with van der Waals surface area (Å²) in [6.45, 7) is 2.74. The van der Waals surface area contributed by atoms with Crippen LogP contribution in [0.3, 0.4) is 0 Å². The molecule has 0 N–H and O–H groups in total. The van der Waals surface area contributed by atoms with Crippen LogP contribution in [0.4, 0.5) is 0 Å². The van der Waals surface area contributed by atoms with E-state index in [9.17, 15) is 9.59 Å². The summed E-state index contributed by atoms with van der Waals surface area (Å²) in [6.07, 6.45) is 2.79. The number of nitrogens with zero attached hydrogens (tertiary/aromatic N) is 1. The van der Waals surface area contributed by atoms with Crippen molar-refractivity contribution in [1.82, 2.24) is 4.90 Å². The second kappa shape index (κ2) is 5.37. The minimum absolute atomic E-state index is 0.276. The number of ether oxygens (including phenoxy) is 1. The lowest BCUT2D eigenvalue weighted by molar-refractivity contribution is -0.156. The molecule has 106 valence electrons. The minimum Gasteiger partial charge on any atom is -0.393 e. The molecule has 0 aromatic heterocycles. The fourth-order valence-corrected chi connectivity index (χ4v) is 3.11. The largest absolute Gasteiger partial charge is 0.393 e. The predicted molar refractivity (Wildman–Crippen MR) is 74.0 cm³/mol. The van der Waals surface area contributed by atoms with Gasteiger partial charge in [-0.15, -0.1) is 0 Å². The molecule has 4 heteroatoms. The van der Waals surface area contributed by atoms with Gasteiger partial charge in [0.15, 0.2) is 0 Å². The molecule has 0 saturated carbocycles. The quantitative estimate of drug-likeness (QED) is 0.622. The molecule has 2 aliphatic heterocycles. The number of piperidine rings is 1. The summed E-state index contributed by atoms with van der Waals surface area (Å²) in [5, 5.41) is 0. The van der Waals surface area contributed by atoms with E-state index in [1.807, 2.05) is 6.07 Å². The lowest BCUT2D eigenvalue weighted by Gasteiger charge is -2.35. The van der Waals surface area contributed by atoms with Crippen LogP contribution < -0.4 is 0 Å². The smallest absolute Gasteiger partial charge is 0.320 e. The summed E-state index contributed by atoms with van der Waals surface area (Å²) in [4.78, 5) is 25.4. The normalized spacial score (nSPS) is 22.2. The van der Waals surface area contributed by atoms with Crippen LogP contribution in [0.25, 0.3) is 0 Å². The topological polar surface area (TPSA) is 46.6 Å². The Bertz CT molecular complexity index is 504. The van der Waals surface area contributed by atoms with Gasteiger partial charge in [0, 0.05) is 6.54 Å². The molecule has 0 aliphatic carbocycles. The molecule has 0 atom stereocenters. The molecule has 0 amide bonds. The summed E-state index contributed by atoms with van der Waals surface area (Å²) in [5.41, 5.74) is 0.823. The molecule has 1 aromatic carbocycles. The fourth-order valence-electron chi connectivity index (χ4n) is 3.11. The molecule has 4 nitrogen and oxygen atoms in total. The zero-order chi connectivity index (χ0) is 14.0. The summed E-state index contributed by atoms with van der Waals surface area (Å²) < 4.78 is 4.72. The third-order valence-corrected chi connectivity index (χ3v) is 4.49. The van der Waals surface area contributed by atoms with Crippen LogP contribution in [0, 0.1) is 5.41 Å². The van der Waals surface area contributed by atoms with Crippen LogP contribution >= 0.6 is 0 Å². The van der Waals surface area contributed by atoms with Gasteiger partial charge >= 0.3 is 11.9 Å². The third kappa shape index (κ3) is 2.61. The van der Waals surface area contributed by atoms with Gasteiger partial charge in [-0.05, 0) is 37.9 Å². The molecular weight excluding hydrogens is 254 g/mol. The highest BCUT2D eigenvalue weighted by Gasteiger charge is 2.50. The van der Waals surface area contributed by atoms with Crippen molar-refractivity contribution in [1.29, 1.82) is 0 Å². The first kappa shape index (κ1) is 13.3. The standard InChI is InChI=1S/C16H19NO3/c18-14-12-16(15(19)20-14)7-10-17(11-8-16)9-6-13-4-2-1-3-5-13/h1-5H,6-12H2. The average Bonchev–Trinajstić information content (AvgIpc) is 2.74. The SMILES string of the molecule is O=C1CC2(CCN(CCc3ccccc3)CC2)C(=O)O1. The molecule has 2 heterocycles. The van der Waals surface area contributed by atoms with Gasteiger partial charge in [0.1, 0.15) is 0 Å². The molecule has 0 bridgehead atoms. The van der Waals surface area contributed by atoms with Gasteiger partial charge in [0.2, 0.25) is 0 Å². The maximum Gasteiger partial charge on any atom is 0.320 e. The van der Waals surface area contributed by atoms with Crippen molar-refractivity contribution in [3.05, 3.63) is 35.9 Å². The third-order valence-electron chi connectivity index (χ3n) is 4.49. The van der Waals surface area contributed by atoms with E-state index in [-0.39, 0.29) is 18.4 Å². The molecule has 2 saturated heterocycles. The highest BCUT2D eigenvalue weighted by atomic mass is 16.6. The number of likely N-dealkylation sites (tertiary alicyclic amines) is 1. The molecule has 0 radical (unpaired) electrons. The molecule has 2 aliphatic rings. The molecular formula is C16H19NO3. The number of carbonyl (C=O) groups excluding carboxylic acids is 2. The zero-order valence-corrected chi connectivity index (χ0v) is 11.5. The highest BCUT2D eigenvalue weighted by molar-refractivity contribution is 5.97. The van der Waals surface area contributed by atoms with Gasteiger partial charge in [-0.2, -0.15) is 0 Å². The Balaban J connectivity index is 1.52. The van der Waals surface area contributed by atoms with Gasteiger partial charge in [-0.1, -0.05) is 30.3 Å². The summed E-state index contributed by atoms with van der Waals surface area (Å²) in [7, 11) is 0. The van der Waals surface area contributed by atoms with E-state index in [4.69, 9.17) is 4.74 Å². The number of carbonyl (C=O) groups is 2. The van der Waals surface area contributed by atoms with Gasteiger partial charge in [-0.25, -0.2) is 0 Å². The predicted octanol–water partition coefficient (Wildman–Crippen LogP) is 1.78. The lowest BCUT2D eigenvalue weighted by atomic mass is 9.77. The lowest BCUT2D eigenvalue weighted by Crippen LogP contribution is -2.43. The van der Waals surface area contributed by atoms with E-state index >= 15 is 0 Å². The van der Waals surface area contributed by atoms with E-state index in [0.29, 0.717) is 0 Å². The van der Waals surface area contributed by atoms with Crippen LogP contribution in [0.2, 0.25) is 0 Å². The molecule has 3 rings (SSSR count). The molecule has 1 aromatic rings. The van der Waals surface area contributed by atoms with E-state index in [2.05, 4.69) is 29.2 Å². The van der Waals surface area contributed by atoms with Crippen LogP contribution in [0.5, 0.6) is 0 Å². The van der Waals surface area contributed by atoms with Crippen LogP contribution in [0.15, 0.2) is 30.3 Å². The first-order valence-electron chi connectivity index (χ1n) is 7.19. The number of esters is 2. The summed E-state index contributed by atoms with van der Waals surface area (Å²) in [6, 6.07) is 10.4. The van der Waals surface area contributed by atoms with Crippen LogP contribution in [-0.2, 0) is 20.7 Å². The van der Waals surface area contributed by atoms with E-state index in [1.54, 1.807) is 0 Å². The molecule has 20 heavy (non-hydrogen) atoms. The summed E-state index contributed by atoms with van der Waals surface area (Å²) in [5.74, 6) is -0.655. The Morgan fingerprint density at radius 1 is 1.10 bits per heavy atom. The van der Waals surface area contributed by atoms with Crippen molar-refractivity contribution in [2.24, 2.45) is 5.41 Å². The fraction of sp³-hybridized carbons (Fsp3) is 0.500. The Morgan fingerprint density at radius 2 is 1.80 bits per heavy atom. The van der Waals surface area contributed by atoms with Crippen LogP contribution in [0.1, 0.15) is 24.8 Å². The molecule has 1 spiro atoms. The van der Waals surface area contributed by atoms with Crippen LogP contribution in [-0.4, -0.2) is 36.5 Å². The number of cyclic esters (lactones) is 2. The first-order valence-corrected chi connectivity index (χ1v) is 7.19. The molecule has 2 fully saturated rings. The molecule has 0 unspecified atom stereocenters. The second-order valence-corrected chi connectivity index (χ2v) is 5.80. The Kier molecular flexibility index (Phi) is 3.57. The number of hydrogen-bond acceptors (Lipinski definition) is 4. The van der Waals surface area contributed by atoms with Crippen molar-refractivity contribution < 1.29 is 14.3 Å². The minimum atomic E-state index is -0.514. The van der Waals surface area contributed by atoms with Gasteiger partial charge in [0.05, 0.1) is 11.8 Å². The Morgan fingerprint density at radius 3 is 2.40 bits per heavy atom. The summed E-state index contributed by atoms with van der Waals surface area (Å²) >= 11 is 0. The maximum absolute atomic E-state index is 11.8. The van der Waals surface area contributed by atoms with Gasteiger partial charge in [-0.3, -0.25) is 9.59 Å². The van der Waals surface area contributed by atoms with Gasteiger partial charge < -0.3 is 9.64 Å². The number of benzene rings is 1. The maximum atomic E-state index is 11.8. The monoisotopic (exact) mass is 273 g/mol. The number of hydrogen-bond donors (Lipinski definition) is 0. The van der Waals surface area contributed by atoms with Gasteiger partial charge in [0.25, 0.3) is 0 Å². The van der Waals surface area contributed by atoms with Crippen molar-refractivity contribution in [3.8, 4) is 0 Å². The highest BCUT2D eigenvalue weighted by Crippen LogP contribution is 2.40. The van der Waals surface area contributed by atoms with E-state index in [0.717, 1.165) is 38.9 Å². The Labute approximate surface area is 118 Å².